The maximum atomic E-state index is 13.2. The summed E-state index contributed by atoms with van der Waals surface area (Å²) in [6.45, 7) is 3.58. The summed E-state index contributed by atoms with van der Waals surface area (Å²) in [5.74, 6) is -0.0911. The van der Waals surface area contributed by atoms with Crippen LogP contribution in [0, 0.1) is 5.82 Å². The molecule has 2 aliphatic heterocycles. The molecular weight excluding hydrogens is 371 g/mol. The minimum atomic E-state index is -0.233. The lowest BCUT2D eigenvalue weighted by Crippen LogP contribution is -2.54. The van der Waals surface area contributed by atoms with Gasteiger partial charge < -0.3 is 19.1 Å². The van der Waals surface area contributed by atoms with Crippen molar-refractivity contribution in [2.75, 3.05) is 42.5 Å². The Bertz CT molecular complexity index is 978. The van der Waals surface area contributed by atoms with Crippen LogP contribution in [0.1, 0.15) is 12.8 Å². The highest BCUT2D eigenvalue weighted by Gasteiger charge is 2.37. The summed E-state index contributed by atoms with van der Waals surface area (Å²) in [7, 11) is 0. The van der Waals surface area contributed by atoms with Crippen LogP contribution in [0.3, 0.4) is 0 Å². The highest BCUT2D eigenvalue weighted by molar-refractivity contribution is 5.86. The molecule has 2 aliphatic rings. The summed E-state index contributed by atoms with van der Waals surface area (Å²) < 4.78 is 19.1. The van der Waals surface area contributed by atoms with Crippen LogP contribution < -0.4 is 9.80 Å². The van der Waals surface area contributed by atoms with Crippen LogP contribution >= 0.6 is 0 Å². The lowest BCUT2D eigenvalue weighted by atomic mass is 10.1. The van der Waals surface area contributed by atoms with Crippen LogP contribution in [0.15, 0.2) is 52.9 Å². The number of halogens is 1. The third-order valence-corrected chi connectivity index (χ3v) is 5.85. The Hall–Kier alpha value is -3.09. The molecule has 0 aliphatic carbocycles. The predicted octanol–water partition coefficient (Wildman–Crippen LogP) is 3.28. The number of rotatable bonds is 3. The molecule has 2 fully saturated rings. The number of fused-ring (bicyclic) bond motifs is 1. The molecule has 0 N–H and O–H groups in total. The lowest BCUT2D eigenvalue weighted by molar-refractivity contribution is -0.132. The molecule has 3 aromatic rings. The van der Waals surface area contributed by atoms with Crippen molar-refractivity contribution in [1.82, 2.24) is 9.88 Å². The molecule has 6 nitrogen and oxygen atoms in total. The second kappa shape index (κ2) is 7.39. The maximum Gasteiger partial charge on any atom is 0.299 e. The van der Waals surface area contributed by atoms with E-state index in [4.69, 9.17) is 4.42 Å². The number of para-hydroxylation sites is 2. The van der Waals surface area contributed by atoms with Crippen LogP contribution in [0.5, 0.6) is 0 Å². The monoisotopic (exact) mass is 394 g/mol. The van der Waals surface area contributed by atoms with Crippen molar-refractivity contribution in [3.8, 4) is 0 Å². The van der Waals surface area contributed by atoms with Gasteiger partial charge in [-0.05, 0) is 49.2 Å². The van der Waals surface area contributed by atoms with Crippen molar-refractivity contribution in [3.63, 3.8) is 0 Å². The van der Waals surface area contributed by atoms with E-state index in [1.54, 1.807) is 12.1 Å². The molecular formula is C22H23FN4O2. The van der Waals surface area contributed by atoms with Gasteiger partial charge in [0.1, 0.15) is 17.4 Å². The molecule has 0 radical (unpaired) electrons. The number of amides is 1. The molecule has 7 heteroatoms. The first-order chi connectivity index (χ1) is 14.2. The summed E-state index contributed by atoms with van der Waals surface area (Å²) in [5, 5.41) is 0. The van der Waals surface area contributed by atoms with Crippen LogP contribution in [0.25, 0.3) is 11.1 Å². The quantitative estimate of drug-likeness (QED) is 0.682. The highest BCUT2D eigenvalue weighted by Crippen LogP contribution is 2.29. The summed E-state index contributed by atoms with van der Waals surface area (Å²) in [5.41, 5.74) is 2.55. The molecule has 5 rings (SSSR count). The third kappa shape index (κ3) is 3.41. The summed E-state index contributed by atoms with van der Waals surface area (Å²) in [6, 6.07) is 14.5. The Morgan fingerprint density at radius 2 is 1.76 bits per heavy atom. The van der Waals surface area contributed by atoms with Crippen LogP contribution in [-0.4, -0.2) is 54.6 Å². The van der Waals surface area contributed by atoms with Crippen molar-refractivity contribution in [1.29, 1.82) is 0 Å². The zero-order chi connectivity index (χ0) is 19.8. The largest absolute Gasteiger partial charge is 0.423 e. The second-order valence-electron chi connectivity index (χ2n) is 7.60. The average molecular weight is 394 g/mol. The van der Waals surface area contributed by atoms with E-state index in [0.29, 0.717) is 19.1 Å². The minimum Gasteiger partial charge on any atom is -0.423 e. The van der Waals surface area contributed by atoms with Gasteiger partial charge in [0.15, 0.2) is 5.58 Å². The third-order valence-electron chi connectivity index (χ3n) is 5.85. The fourth-order valence-electron chi connectivity index (χ4n) is 4.28. The number of hydrogen-bond donors (Lipinski definition) is 0. The zero-order valence-electron chi connectivity index (χ0n) is 16.1. The highest BCUT2D eigenvalue weighted by atomic mass is 19.1. The van der Waals surface area contributed by atoms with E-state index in [1.807, 2.05) is 34.1 Å². The molecule has 1 atom stereocenters. The van der Waals surface area contributed by atoms with Crippen molar-refractivity contribution in [2.24, 2.45) is 0 Å². The topological polar surface area (TPSA) is 52.8 Å². The van der Waals surface area contributed by atoms with Crippen molar-refractivity contribution >= 4 is 28.7 Å². The number of carbonyl (C=O) groups excluding carboxylic acids is 1. The number of carbonyl (C=O) groups is 1. The number of benzene rings is 2. The standard InChI is InChI=1S/C22H23FN4O2/c23-16-7-9-17(10-8-16)25-12-14-26(15-13-25)21(28)19-5-3-11-27(19)22-24-18-4-1-2-6-20(18)29-22/h1-2,4,6-10,19H,3,5,11-15H2. The normalized spacial score (nSPS) is 19.9. The number of piperazine rings is 1. The smallest absolute Gasteiger partial charge is 0.299 e. The Morgan fingerprint density at radius 1 is 1.00 bits per heavy atom. The maximum absolute atomic E-state index is 13.2. The molecule has 150 valence electrons. The first-order valence-corrected chi connectivity index (χ1v) is 10.1. The number of hydrogen-bond acceptors (Lipinski definition) is 5. The Balaban J connectivity index is 1.27. The van der Waals surface area contributed by atoms with Crippen LogP contribution in [0.2, 0.25) is 0 Å². The van der Waals surface area contributed by atoms with Gasteiger partial charge in [-0.15, -0.1) is 0 Å². The minimum absolute atomic E-state index is 0.142. The van der Waals surface area contributed by atoms with Gasteiger partial charge in [-0.3, -0.25) is 4.79 Å². The van der Waals surface area contributed by atoms with Gasteiger partial charge in [0.25, 0.3) is 6.01 Å². The summed E-state index contributed by atoms with van der Waals surface area (Å²) in [4.78, 5) is 24.0. The van der Waals surface area contributed by atoms with Crippen LogP contribution in [-0.2, 0) is 4.79 Å². The predicted molar refractivity (Wildman–Crippen MR) is 110 cm³/mol. The van der Waals surface area contributed by atoms with Gasteiger partial charge in [-0.1, -0.05) is 12.1 Å². The number of aromatic nitrogens is 1. The Labute approximate surface area is 168 Å². The van der Waals surface area contributed by atoms with Gasteiger partial charge >= 0.3 is 0 Å². The molecule has 1 aromatic heterocycles. The molecule has 1 amide bonds. The number of nitrogens with zero attached hydrogens (tertiary/aromatic N) is 4. The Morgan fingerprint density at radius 3 is 2.52 bits per heavy atom. The van der Waals surface area contributed by atoms with Gasteiger partial charge in [0.05, 0.1) is 0 Å². The van der Waals surface area contributed by atoms with Gasteiger partial charge in [0, 0.05) is 38.4 Å². The second-order valence-corrected chi connectivity index (χ2v) is 7.60. The summed E-state index contributed by atoms with van der Waals surface area (Å²) in [6.07, 6.45) is 1.76. The molecule has 1 unspecified atom stereocenters. The fourth-order valence-corrected chi connectivity index (χ4v) is 4.28. The van der Waals surface area contributed by atoms with Crippen molar-refractivity contribution in [3.05, 3.63) is 54.3 Å². The zero-order valence-corrected chi connectivity index (χ0v) is 16.1. The van der Waals surface area contributed by atoms with Crippen LogP contribution in [0.4, 0.5) is 16.1 Å². The average Bonchev–Trinajstić information content (AvgIpc) is 3.41. The summed E-state index contributed by atoms with van der Waals surface area (Å²) >= 11 is 0. The number of anilines is 2. The van der Waals surface area contributed by atoms with Gasteiger partial charge in [-0.2, -0.15) is 4.98 Å². The van der Waals surface area contributed by atoms with E-state index >= 15 is 0 Å². The number of oxazole rings is 1. The van der Waals surface area contributed by atoms with E-state index in [-0.39, 0.29) is 17.8 Å². The molecule has 0 spiro atoms. The molecule has 3 heterocycles. The van der Waals surface area contributed by atoms with Gasteiger partial charge in [-0.25, -0.2) is 4.39 Å². The van der Waals surface area contributed by atoms with E-state index in [0.717, 1.165) is 49.3 Å². The first kappa shape index (κ1) is 18.0. The van der Waals surface area contributed by atoms with Crippen molar-refractivity contribution in [2.45, 2.75) is 18.9 Å². The lowest BCUT2D eigenvalue weighted by Gasteiger charge is -2.38. The molecule has 0 bridgehead atoms. The SMILES string of the molecule is O=C(C1CCCN1c1nc2ccccc2o1)N1CCN(c2ccc(F)cc2)CC1. The molecule has 2 aromatic carbocycles. The Kier molecular flexibility index (Phi) is 4.58. The van der Waals surface area contributed by atoms with E-state index in [2.05, 4.69) is 9.88 Å². The van der Waals surface area contributed by atoms with Gasteiger partial charge in [0.2, 0.25) is 5.91 Å². The first-order valence-electron chi connectivity index (χ1n) is 10.1. The fraction of sp³-hybridized carbons (Fsp3) is 0.364. The molecule has 29 heavy (non-hydrogen) atoms. The van der Waals surface area contributed by atoms with Crippen molar-refractivity contribution < 1.29 is 13.6 Å². The van der Waals surface area contributed by atoms with E-state index in [1.165, 1.54) is 12.1 Å². The molecule has 2 saturated heterocycles. The van der Waals surface area contributed by atoms with E-state index in [9.17, 15) is 9.18 Å². The molecule has 0 saturated carbocycles. The van der Waals surface area contributed by atoms with E-state index < -0.39 is 0 Å².